The molecule has 3 heteroatoms. The van der Waals surface area contributed by atoms with E-state index in [1.165, 1.54) is 11.1 Å². The van der Waals surface area contributed by atoms with Gasteiger partial charge in [-0.3, -0.25) is 0 Å². The second-order valence-electron chi connectivity index (χ2n) is 4.55. The summed E-state index contributed by atoms with van der Waals surface area (Å²) in [4.78, 5) is 0. The average molecular weight is 284 g/mol. The fourth-order valence-electron chi connectivity index (χ4n) is 2.19. The molecule has 108 valence electrons. The zero-order valence-corrected chi connectivity index (χ0v) is 12.9. The lowest BCUT2D eigenvalue weighted by atomic mass is 9.98. The number of nitrogens with two attached hydrogens (primary N) is 1. The van der Waals surface area contributed by atoms with Crippen LogP contribution in [-0.2, 0) is 19.4 Å². The summed E-state index contributed by atoms with van der Waals surface area (Å²) in [6.45, 7) is 9.15. The molecular weight excluding hydrogens is 258 g/mol. The highest BCUT2D eigenvalue weighted by Crippen LogP contribution is 2.28. The van der Waals surface area contributed by atoms with E-state index >= 15 is 0 Å². The molecule has 0 aliphatic rings. The summed E-state index contributed by atoms with van der Waals surface area (Å²) < 4.78 is 5.80. The molecule has 0 spiro atoms. The Balaban J connectivity index is 0.00000324. The third-order valence-electron chi connectivity index (χ3n) is 2.93. The monoisotopic (exact) mass is 283 g/mol. The quantitative estimate of drug-likeness (QED) is 0.731. The highest BCUT2D eigenvalue weighted by molar-refractivity contribution is 5.85. The van der Waals surface area contributed by atoms with Gasteiger partial charge >= 0.3 is 0 Å². The number of rotatable bonds is 8. The Morgan fingerprint density at radius 3 is 2.32 bits per heavy atom. The van der Waals surface area contributed by atoms with Crippen molar-refractivity contribution in [1.82, 2.24) is 0 Å². The van der Waals surface area contributed by atoms with Gasteiger partial charge in [-0.1, -0.05) is 51.5 Å². The fraction of sp³-hybridized carbons (Fsp3) is 0.500. The maximum Gasteiger partial charge on any atom is 0.127 e. The van der Waals surface area contributed by atoms with Gasteiger partial charge < -0.3 is 10.5 Å². The molecule has 0 radical (unpaired) electrons. The summed E-state index contributed by atoms with van der Waals surface area (Å²) in [6.07, 6.45) is 6.19. The van der Waals surface area contributed by atoms with Crippen LogP contribution in [0.5, 0.6) is 5.75 Å². The van der Waals surface area contributed by atoms with E-state index in [9.17, 15) is 0 Å². The summed E-state index contributed by atoms with van der Waals surface area (Å²) in [6, 6.07) is 4.45. The number of hydrogen-bond acceptors (Lipinski definition) is 2. The van der Waals surface area contributed by atoms with E-state index in [0.717, 1.165) is 37.0 Å². The molecule has 0 fully saturated rings. The Kier molecular flexibility index (Phi) is 9.36. The number of hydrogen-bond donors (Lipinski definition) is 1. The number of ether oxygens (including phenoxy) is 1. The average Bonchev–Trinajstić information content (AvgIpc) is 2.37. The van der Waals surface area contributed by atoms with Gasteiger partial charge in [-0.2, -0.15) is 0 Å². The molecule has 0 bridgehead atoms. The van der Waals surface area contributed by atoms with Crippen LogP contribution in [0.15, 0.2) is 24.8 Å². The second-order valence-corrected chi connectivity index (χ2v) is 4.55. The van der Waals surface area contributed by atoms with Crippen LogP contribution in [0.2, 0.25) is 0 Å². The van der Waals surface area contributed by atoms with Crippen molar-refractivity contribution in [2.45, 2.75) is 46.1 Å². The Morgan fingerprint density at radius 1 is 1.16 bits per heavy atom. The standard InChI is InChI=1S/C16H25NO.ClH/c1-4-7-13-10-14(8-5-2)16(18-9-6-3)15(11-13)12-17;/h6,10-11H,3-5,7-9,12,17H2,1-2H3;1H. The van der Waals surface area contributed by atoms with Crippen LogP contribution >= 0.6 is 12.4 Å². The lowest BCUT2D eigenvalue weighted by Crippen LogP contribution is -2.07. The molecule has 2 nitrogen and oxygen atoms in total. The Labute approximate surface area is 123 Å². The first-order chi connectivity index (χ1) is 8.76. The molecule has 1 rings (SSSR count). The Morgan fingerprint density at radius 2 is 1.79 bits per heavy atom. The lowest BCUT2D eigenvalue weighted by Gasteiger charge is -2.16. The van der Waals surface area contributed by atoms with Crippen molar-refractivity contribution in [3.05, 3.63) is 41.5 Å². The minimum absolute atomic E-state index is 0. The van der Waals surface area contributed by atoms with E-state index in [1.54, 1.807) is 6.08 Å². The molecule has 1 aromatic rings. The fourth-order valence-corrected chi connectivity index (χ4v) is 2.19. The van der Waals surface area contributed by atoms with Crippen LogP contribution in [0.1, 0.15) is 43.4 Å². The van der Waals surface area contributed by atoms with E-state index in [2.05, 4.69) is 32.6 Å². The molecular formula is C16H26ClNO. The van der Waals surface area contributed by atoms with Crippen molar-refractivity contribution in [3.63, 3.8) is 0 Å². The maximum atomic E-state index is 5.85. The van der Waals surface area contributed by atoms with Gasteiger partial charge in [0.2, 0.25) is 0 Å². The van der Waals surface area contributed by atoms with Crippen LogP contribution < -0.4 is 10.5 Å². The van der Waals surface area contributed by atoms with Gasteiger partial charge in [0.15, 0.2) is 0 Å². The maximum absolute atomic E-state index is 5.85. The Bertz CT molecular complexity index is 391. The minimum Gasteiger partial charge on any atom is -0.489 e. The third-order valence-corrected chi connectivity index (χ3v) is 2.93. The SMILES string of the molecule is C=CCOc1c(CN)cc(CCC)cc1CCC.Cl. The lowest BCUT2D eigenvalue weighted by molar-refractivity contribution is 0.354. The van der Waals surface area contributed by atoms with Crippen LogP contribution in [0.4, 0.5) is 0 Å². The summed E-state index contributed by atoms with van der Waals surface area (Å²) in [5.74, 6) is 0.971. The van der Waals surface area contributed by atoms with Crippen molar-refractivity contribution in [2.24, 2.45) is 5.73 Å². The van der Waals surface area contributed by atoms with Gasteiger partial charge in [-0.15, -0.1) is 12.4 Å². The third kappa shape index (κ3) is 5.25. The summed E-state index contributed by atoms with van der Waals surface area (Å²) >= 11 is 0. The molecule has 0 aliphatic carbocycles. The predicted octanol–water partition coefficient (Wildman–Crippen LogP) is 4.04. The molecule has 0 saturated heterocycles. The van der Waals surface area contributed by atoms with Gasteiger partial charge in [0.1, 0.15) is 12.4 Å². The smallest absolute Gasteiger partial charge is 0.127 e. The molecule has 0 atom stereocenters. The molecule has 0 aromatic heterocycles. The number of halogens is 1. The molecule has 2 N–H and O–H groups in total. The van der Waals surface area contributed by atoms with Crippen LogP contribution in [0, 0.1) is 0 Å². The summed E-state index contributed by atoms with van der Waals surface area (Å²) in [7, 11) is 0. The van der Waals surface area contributed by atoms with Crippen LogP contribution in [0.3, 0.4) is 0 Å². The zero-order chi connectivity index (χ0) is 13.4. The normalized spacial score (nSPS) is 9.84. The van der Waals surface area contributed by atoms with Gasteiger partial charge in [0.05, 0.1) is 0 Å². The first-order valence-electron chi connectivity index (χ1n) is 6.85. The van der Waals surface area contributed by atoms with Crippen LogP contribution in [-0.4, -0.2) is 6.61 Å². The molecule has 1 aromatic carbocycles. The zero-order valence-electron chi connectivity index (χ0n) is 12.1. The second kappa shape index (κ2) is 9.88. The highest BCUT2D eigenvalue weighted by atomic mass is 35.5. The van der Waals surface area contributed by atoms with E-state index in [0.29, 0.717) is 13.2 Å². The summed E-state index contributed by atoms with van der Waals surface area (Å²) in [5.41, 5.74) is 9.61. The molecule has 0 heterocycles. The first kappa shape index (κ1) is 18.0. The van der Waals surface area contributed by atoms with Gasteiger partial charge in [-0.05, 0) is 24.0 Å². The van der Waals surface area contributed by atoms with Crippen LogP contribution in [0.25, 0.3) is 0 Å². The van der Waals surface area contributed by atoms with Gasteiger partial charge in [0, 0.05) is 12.1 Å². The van der Waals surface area contributed by atoms with Gasteiger partial charge in [0.25, 0.3) is 0 Å². The van der Waals surface area contributed by atoms with Crippen molar-refractivity contribution in [1.29, 1.82) is 0 Å². The molecule has 0 amide bonds. The largest absolute Gasteiger partial charge is 0.489 e. The minimum atomic E-state index is 0. The van der Waals surface area contributed by atoms with E-state index < -0.39 is 0 Å². The molecule has 0 unspecified atom stereocenters. The van der Waals surface area contributed by atoms with Gasteiger partial charge in [-0.25, -0.2) is 0 Å². The number of aryl methyl sites for hydroxylation is 2. The Hall–Kier alpha value is -0.990. The van der Waals surface area contributed by atoms with E-state index in [-0.39, 0.29) is 12.4 Å². The van der Waals surface area contributed by atoms with Crippen molar-refractivity contribution >= 4 is 12.4 Å². The molecule has 19 heavy (non-hydrogen) atoms. The van der Waals surface area contributed by atoms with Crippen molar-refractivity contribution < 1.29 is 4.74 Å². The predicted molar refractivity (Wildman–Crippen MR) is 85.3 cm³/mol. The van der Waals surface area contributed by atoms with Crippen molar-refractivity contribution in [2.75, 3.05) is 6.61 Å². The number of benzene rings is 1. The highest BCUT2D eigenvalue weighted by Gasteiger charge is 2.10. The topological polar surface area (TPSA) is 35.2 Å². The van der Waals surface area contributed by atoms with Crippen molar-refractivity contribution in [3.8, 4) is 5.75 Å². The molecule has 0 aliphatic heterocycles. The first-order valence-corrected chi connectivity index (χ1v) is 6.85. The summed E-state index contributed by atoms with van der Waals surface area (Å²) in [5, 5.41) is 0. The van der Waals surface area contributed by atoms with E-state index in [1.807, 2.05) is 0 Å². The van der Waals surface area contributed by atoms with E-state index in [4.69, 9.17) is 10.5 Å². The molecule has 0 saturated carbocycles.